The third-order valence-corrected chi connectivity index (χ3v) is 6.00. The number of amides is 1. The van der Waals surface area contributed by atoms with E-state index in [4.69, 9.17) is 5.73 Å². The number of rotatable bonds is 4. The number of fused-ring (bicyclic) bond motifs is 2. The molecule has 0 aromatic rings. The minimum atomic E-state index is -0.483. The van der Waals surface area contributed by atoms with Crippen LogP contribution in [-0.4, -0.2) is 30.8 Å². The van der Waals surface area contributed by atoms with Gasteiger partial charge in [-0.3, -0.25) is 9.52 Å². The molecule has 2 bridgehead atoms. The quantitative estimate of drug-likeness (QED) is 0.464. The smallest absolute Gasteiger partial charge is 0.223 e. The van der Waals surface area contributed by atoms with Crippen LogP contribution in [0.4, 0.5) is 0 Å². The van der Waals surface area contributed by atoms with Gasteiger partial charge in [0.05, 0.1) is 5.54 Å². The highest BCUT2D eigenvalue weighted by atomic mass is 32.1. The molecule has 5 unspecified atom stereocenters. The molecule has 0 aliphatic heterocycles. The summed E-state index contributed by atoms with van der Waals surface area (Å²) in [6.07, 6.45) is 5.29. The molecule has 0 saturated heterocycles. The minimum absolute atomic E-state index is 0.105. The summed E-state index contributed by atoms with van der Waals surface area (Å²) in [7, 11) is 2.04. The molecule has 2 aliphatic carbocycles. The van der Waals surface area contributed by atoms with Gasteiger partial charge < -0.3 is 15.8 Å². The van der Waals surface area contributed by atoms with Crippen LogP contribution in [0.25, 0.3) is 0 Å². The summed E-state index contributed by atoms with van der Waals surface area (Å²) in [4.78, 5) is 21.5. The highest BCUT2D eigenvalue weighted by Crippen LogP contribution is 2.50. The molecule has 134 valence electrons. The second-order valence-corrected chi connectivity index (χ2v) is 8.40. The largest absolute Gasteiger partial charge is 0.369 e. The predicted molar refractivity (Wildman–Crippen MR) is 97.0 cm³/mol. The number of aldehydes is 1. The van der Waals surface area contributed by atoms with Gasteiger partial charge in [0.1, 0.15) is 6.29 Å². The van der Waals surface area contributed by atoms with E-state index in [1.54, 1.807) is 13.8 Å². The van der Waals surface area contributed by atoms with Crippen molar-refractivity contribution in [3.8, 4) is 0 Å². The highest BCUT2D eigenvalue weighted by molar-refractivity contribution is 7.78. The van der Waals surface area contributed by atoms with Gasteiger partial charge in [-0.2, -0.15) is 0 Å². The first-order valence-corrected chi connectivity index (χ1v) is 8.88. The maximum atomic E-state index is 11.6. The topological polar surface area (TPSA) is 84.2 Å². The number of nitrogens with one attached hydrogen (secondary N) is 2. The van der Waals surface area contributed by atoms with Crippen LogP contribution in [0.3, 0.4) is 0 Å². The monoisotopic (exact) mass is 343 g/mol. The van der Waals surface area contributed by atoms with Gasteiger partial charge in [0, 0.05) is 11.5 Å². The lowest BCUT2D eigenvalue weighted by molar-refractivity contribution is -0.132. The van der Waals surface area contributed by atoms with Crippen molar-refractivity contribution in [3.63, 3.8) is 0 Å². The zero-order chi connectivity index (χ0) is 17.8. The third-order valence-electron chi connectivity index (χ3n) is 5.43. The van der Waals surface area contributed by atoms with Gasteiger partial charge in [-0.1, -0.05) is 26.7 Å². The van der Waals surface area contributed by atoms with Crippen LogP contribution in [0.2, 0.25) is 0 Å². The molecule has 0 heterocycles. The van der Waals surface area contributed by atoms with Crippen molar-refractivity contribution in [1.29, 1.82) is 0 Å². The fourth-order valence-corrected chi connectivity index (χ4v) is 4.28. The fraction of sp³-hybridized carbons (Fsp3) is 0.882. The van der Waals surface area contributed by atoms with E-state index in [2.05, 4.69) is 36.7 Å². The normalized spacial score (nSPS) is 36.6. The average molecular weight is 344 g/mol. The lowest BCUT2D eigenvalue weighted by atomic mass is 9.57. The van der Waals surface area contributed by atoms with E-state index in [0.29, 0.717) is 17.9 Å². The second-order valence-electron chi connectivity index (χ2n) is 8.17. The lowest BCUT2D eigenvalue weighted by Crippen LogP contribution is -2.52. The van der Waals surface area contributed by atoms with Crippen LogP contribution >= 0.6 is 12.8 Å². The van der Waals surface area contributed by atoms with E-state index in [1.165, 1.54) is 12.8 Å². The Kier molecular flexibility index (Phi) is 7.11. The molecule has 0 aromatic carbocycles. The molecule has 0 radical (unpaired) electrons. The molecule has 0 spiro atoms. The zero-order valence-corrected chi connectivity index (χ0v) is 16.0. The van der Waals surface area contributed by atoms with Gasteiger partial charge in [0.25, 0.3) is 0 Å². The molecule has 6 heteroatoms. The van der Waals surface area contributed by atoms with Gasteiger partial charge in [-0.25, -0.2) is 0 Å². The Morgan fingerprint density at radius 2 is 1.96 bits per heavy atom. The number of nitrogens with two attached hydrogens (primary N) is 1. The first kappa shape index (κ1) is 20.5. The van der Waals surface area contributed by atoms with E-state index in [-0.39, 0.29) is 11.3 Å². The summed E-state index contributed by atoms with van der Waals surface area (Å²) in [6, 6.07) is 0.565. The van der Waals surface area contributed by atoms with Crippen LogP contribution in [0.15, 0.2) is 0 Å². The van der Waals surface area contributed by atoms with Gasteiger partial charge in [-0.15, -0.1) is 0 Å². The van der Waals surface area contributed by atoms with Crippen LogP contribution in [-0.2, 0) is 9.59 Å². The van der Waals surface area contributed by atoms with Crippen molar-refractivity contribution >= 4 is 25.0 Å². The summed E-state index contributed by atoms with van der Waals surface area (Å²) in [5.74, 6) is 1.96. The van der Waals surface area contributed by atoms with Crippen molar-refractivity contribution in [2.75, 3.05) is 7.05 Å². The number of carbonyl (C=O) groups is 2. The number of hydrogen-bond donors (Lipinski definition) is 4. The van der Waals surface area contributed by atoms with Crippen LogP contribution in [0.1, 0.15) is 53.4 Å². The Morgan fingerprint density at radius 3 is 2.35 bits per heavy atom. The SMILES string of the molecule is CC(C)(C=O)NS.CNC1C(C)CC2CC1CC(C)(C(N)=O)C2. The number of hydrogen-bond acceptors (Lipinski definition) is 5. The van der Waals surface area contributed by atoms with E-state index >= 15 is 0 Å². The highest BCUT2D eigenvalue weighted by Gasteiger charge is 2.47. The molecule has 5 atom stereocenters. The van der Waals surface area contributed by atoms with Gasteiger partial charge in [0.2, 0.25) is 5.91 Å². The first-order valence-electron chi connectivity index (χ1n) is 8.43. The number of carbonyl (C=O) groups excluding carboxylic acids is 2. The summed E-state index contributed by atoms with van der Waals surface area (Å²) in [5, 5.41) is 3.43. The molecule has 23 heavy (non-hydrogen) atoms. The van der Waals surface area contributed by atoms with E-state index < -0.39 is 5.54 Å². The molecule has 5 nitrogen and oxygen atoms in total. The van der Waals surface area contributed by atoms with Gasteiger partial charge in [-0.05, 0) is 64.3 Å². The van der Waals surface area contributed by atoms with Crippen LogP contribution in [0.5, 0.6) is 0 Å². The number of thiol groups is 1. The van der Waals surface area contributed by atoms with Crippen molar-refractivity contribution < 1.29 is 9.59 Å². The van der Waals surface area contributed by atoms with Crippen molar-refractivity contribution in [3.05, 3.63) is 0 Å². The standard InChI is InChI=1S/C13H24N2O.C4H9NOS/c1-8-4-9-5-10(11(8)15-3)7-13(2,6-9)12(14)16;1-4(2,3-6)5-7/h8-11,15H,4-7H2,1-3H3,(H2,14,16);3,5,7H,1-2H3. The van der Waals surface area contributed by atoms with E-state index in [0.717, 1.165) is 25.0 Å². The van der Waals surface area contributed by atoms with E-state index in [9.17, 15) is 9.59 Å². The van der Waals surface area contributed by atoms with Crippen molar-refractivity contribution in [2.24, 2.45) is 28.9 Å². The van der Waals surface area contributed by atoms with Gasteiger partial charge in [0.15, 0.2) is 0 Å². The third kappa shape index (κ3) is 5.19. The molecule has 0 aromatic heterocycles. The van der Waals surface area contributed by atoms with Crippen molar-refractivity contribution in [2.45, 2.75) is 65.0 Å². The molecule has 2 aliphatic rings. The maximum Gasteiger partial charge on any atom is 0.223 e. The predicted octanol–water partition coefficient (Wildman–Crippen LogP) is 1.92. The van der Waals surface area contributed by atoms with Gasteiger partial charge >= 0.3 is 0 Å². The second kappa shape index (κ2) is 7.99. The average Bonchev–Trinajstić information content (AvgIpc) is 2.47. The maximum absolute atomic E-state index is 11.6. The summed E-state index contributed by atoms with van der Waals surface area (Å²) in [5.41, 5.74) is 4.82. The molecular formula is C17H33N3O2S. The Balaban J connectivity index is 0.000000322. The summed E-state index contributed by atoms with van der Waals surface area (Å²) < 4.78 is 2.52. The molecule has 1 amide bonds. The molecule has 4 N–H and O–H groups in total. The van der Waals surface area contributed by atoms with Crippen molar-refractivity contribution in [1.82, 2.24) is 10.0 Å². The Labute approximate surface area is 146 Å². The number of primary amides is 1. The lowest BCUT2D eigenvalue weighted by Gasteiger charge is -2.49. The van der Waals surface area contributed by atoms with Crippen LogP contribution in [0, 0.1) is 23.2 Å². The Hall–Kier alpha value is -0.590. The Morgan fingerprint density at radius 1 is 1.35 bits per heavy atom. The first-order chi connectivity index (χ1) is 10.6. The minimum Gasteiger partial charge on any atom is -0.369 e. The molecule has 2 rings (SSSR count). The Bertz CT molecular complexity index is 428. The summed E-state index contributed by atoms with van der Waals surface area (Å²) >= 11 is 3.70. The zero-order valence-electron chi connectivity index (χ0n) is 15.1. The fourth-order valence-electron chi connectivity index (χ4n) is 4.23. The van der Waals surface area contributed by atoms with Crippen LogP contribution < -0.4 is 15.8 Å². The van der Waals surface area contributed by atoms with E-state index in [1.807, 2.05) is 7.05 Å². The summed E-state index contributed by atoms with van der Waals surface area (Å²) in [6.45, 7) is 7.87. The molecule has 2 saturated carbocycles. The molecule has 2 fully saturated rings. The molecular weight excluding hydrogens is 310 g/mol.